The van der Waals surface area contributed by atoms with Crippen LogP contribution in [-0.2, 0) is 6.54 Å². The van der Waals surface area contributed by atoms with Crippen molar-refractivity contribution in [3.8, 4) is 0 Å². The second kappa shape index (κ2) is 4.22. The summed E-state index contributed by atoms with van der Waals surface area (Å²) < 4.78 is 13.1. The van der Waals surface area contributed by atoms with Gasteiger partial charge >= 0.3 is 4.87 Å². The average molecular weight is 225 g/mol. The zero-order valence-corrected chi connectivity index (χ0v) is 8.47. The molecule has 4 nitrogen and oxygen atoms in total. The van der Waals surface area contributed by atoms with Crippen LogP contribution in [0.2, 0.25) is 0 Å². The van der Waals surface area contributed by atoms with Crippen LogP contribution < -0.4 is 10.2 Å². The number of H-pyrrole nitrogens is 1. The fourth-order valence-electron chi connectivity index (χ4n) is 1.10. The third-order valence-corrected chi connectivity index (χ3v) is 2.49. The normalized spacial score (nSPS) is 10.2. The Kier molecular flexibility index (Phi) is 2.77. The van der Waals surface area contributed by atoms with Crippen LogP contribution in [0.15, 0.2) is 28.5 Å². The lowest BCUT2D eigenvalue weighted by molar-refractivity contribution is 0.624. The zero-order chi connectivity index (χ0) is 10.7. The van der Waals surface area contributed by atoms with Crippen molar-refractivity contribution in [3.63, 3.8) is 0 Å². The van der Waals surface area contributed by atoms with Crippen LogP contribution in [-0.4, -0.2) is 9.97 Å². The number of aromatic amines is 1. The first-order valence-electron chi connectivity index (χ1n) is 4.27. The molecule has 0 aliphatic heterocycles. The summed E-state index contributed by atoms with van der Waals surface area (Å²) in [6.45, 7) is 0.354. The fraction of sp³-hybridized carbons (Fsp3) is 0.111. The van der Waals surface area contributed by atoms with E-state index in [0.29, 0.717) is 6.54 Å². The van der Waals surface area contributed by atoms with Crippen LogP contribution in [0.25, 0.3) is 0 Å². The van der Waals surface area contributed by atoms with E-state index in [1.54, 1.807) is 5.38 Å². The second-order valence-electron chi connectivity index (χ2n) is 2.86. The molecule has 6 heteroatoms. The molecule has 0 spiro atoms. The Balaban J connectivity index is 2.05. The maximum absolute atomic E-state index is 13.1. The molecule has 2 N–H and O–H groups in total. The van der Waals surface area contributed by atoms with Crippen molar-refractivity contribution in [1.29, 1.82) is 0 Å². The van der Waals surface area contributed by atoms with Gasteiger partial charge in [-0.25, -0.2) is 9.37 Å². The lowest BCUT2D eigenvalue weighted by Gasteiger charge is -2.03. The number of thiazole rings is 1. The number of anilines is 1. The van der Waals surface area contributed by atoms with Gasteiger partial charge in [-0.3, -0.25) is 4.79 Å². The SMILES string of the molecule is O=c1[nH]c(CNc2ncccc2F)cs1. The van der Waals surface area contributed by atoms with E-state index in [1.807, 2.05) is 0 Å². The molecule has 78 valence electrons. The molecule has 0 aliphatic rings. The monoisotopic (exact) mass is 225 g/mol. The molecule has 0 unspecified atom stereocenters. The quantitative estimate of drug-likeness (QED) is 0.833. The van der Waals surface area contributed by atoms with E-state index in [-0.39, 0.29) is 10.7 Å². The number of nitrogens with zero attached hydrogens (tertiary/aromatic N) is 1. The molecule has 0 aromatic carbocycles. The number of hydrogen-bond donors (Lipinski definition) is 2. The molecule has 0 aliphatic carbocycles. The van der Waals surface area contributed by atoms with Crippen molar-refractivity contribution in [2.45, 2.75) is 6.54 Å². The molecule has 0 saturated carbocycles. The lowest BCUT2D eigenvalue weighted by atomic mass is 10.4. The van der Waals surface area contributed by atoms with E-state index in [2.05, 4.69) is 15.3 Å². The molecular weight excluding hydrogens is 217 g/mol. The zero-order valence-electron chi connectivity index (χ0n) is 7.66. The molecular formula is C9H8FN3OS. The summed E-state index contributed by atoms with van der Waals surface area (Å²) in [4.78, 5) is 17.1. The van der Waals surface area contributed by atoms with E-state index in [1.165, 1.54) is 18.3 Å². The van der Waals surface area contributed by atoms with Crippen molar-refractivity contribution in [2.24, 2.45) is 0 Å². The highest BCUT2D eigenvalue weighted by Gasteiger charge is 2.02. The van der Waals surface area contributed by atoms with Gasteiger partial charge in [0.05, 0.1) is 6.54 Å². The van der Waals surface area contributed by atoms with Crippen molar-refractivity contribution in [3.05, 3.63) is 44.9 Å². The summed E-state index contributed by atoms with van der Waals surface area (Å²) in [7, 11) is 0. The highest BCUT2D eigenvalue weighted by atomic mass is 32.1. The van der Waals surface area contributed by atoms with Crippen LogP contribution in [0.4, 0.5) is 10.2 Å². The number of nitrogens with one attached hydrogen (secondary N) is 2. The minimum atomic E-state index is -0.407. The Hall–Kier alpha value is -1.69. The smallest absolute Gasteiger partial charge is 0.304 e. The fourth-order valence-corrected chi connectivity index (χ4v) is 1.68. The number of pyridine rings is 1. The first-order valence-corrected chi connectivity index (χ1v) is 5.15. The van der Waals surface area contributed by atoms with Crippen LogP contribution >= 0.6 is 11.3 Å². The minimum absolute atomic E-state index is 0.117. The summed E-state index contributed by atoms with van der Waals surface area (Å²) in [5, 5.41) is 4.48. The van der Waals surface area contributed by atoms with Crippen molar-refractivity contribution < 1.29 is 4.39 Å². The Morgan fingerprint density at radius 2 is 2.47 bits per heavy atom. The van der Waals surface area contributed by atoms with Crippen molar-refractivity contribution in [2.75, 3.05) is 5.32 Å². The summed E-state index contributed by atoms with van der Waals surface area (Å²) in [5.41, 5.74) is 0.718. The molecule has 2 heterocycles. The number of aromatic nitrogens is 2. The number of halogens is 1. The molecule has 2 aromatic heterocycles. The van der Waals surface area contributed by atoms with E-state index >= 15 is 0 Å². The largest absolute Gasteiger partial charge is 0.362 e. The van der Waals surface area contributed by atoms with Gasteiger partial charge < -0.3 is 10.3 Å². The van der Waals surface area contributed by atoms with Gasteiger partial charge in [0.15, 0.2) is 11.6 Å². The topological polar surface area (TPSA) is 57.8 Å². The van der Waals surface area contributed by atoms with Gasteiger partial charge in [-0.2, -0.15) is 0 Å². The Bertz CT molecular complexity index is 508. The predicted octanol–water partition coefficient (Wildman–Crippen LogP) is 1.58. The molecule has 2 rings (SSSR count). The summed E-state index contributed by atoms with van der Waals surface area (Å²) in [5.74, 6) is -0.223. The Labute approximate surface area is 88.8 Å². The third-order valence-electron chi connectivity index (χ3n) is 1.78. The number of rotatable bonds is 3. The van der Waals surface area contributed by atoms with E-state index in [4.69, 9.17) is 0 Å². The maximum Gasteiger partial charge on any atom is 0.304 e. The van der Waals surface area contributed by atoms with Gasteiger partial charge in [0.2, 0.25) is 0 Å². The maximum atomic E-state index is 13.1. The summed E-state index contributed by atoms with van der Waals surface area (Å²) in [6, 6.07) is 2.85. The van der Waals surface area contributed by atoms with Crippen molar-refractivity contribution in [1.82, 2.24) is 9.97 Å². The van der Waals surface area contributed by atoms with Crippen molar-refractivity contribution >= 4 is 17.2 Å². The van der Waals surface area contributed by atoms with Crippen LogP contribution in [0.1, 0.15) is 5.69 Å². The Morgan fingerprint density at radius 1 is 1.60 bits per heavy atom. The molecule has 0 fully saturated rings. The predicted molar refractivity (Wildman–Crippen MR) is 56.5 cm³/mol. The first-order chi connectivity index (χ1) is 7.25. The Morgan fingerprint density at radius 3 is 3.13 bits per heavy atom. The third kappa shape index (κ3) is 2.41. The van der Waals surface area contributed by atoms with Gasteiger partial charge in [0, 0.05) is 17.3 Å². The van der Waals surface area contributed by atoms with Crippen LogP contribution in [0.5, 0.6) is 0 Å². The molecule has 15 heavy (non-hydrogen) atoms. The van der Waals surface area contributed by atoms with E-state index in [9.17, 15) is 9.18 Å². The molecule has 0 radical (unpaired) electrons. The molecule has 0 atom stereocenters. The highest BCUT2D eigenvalue weighted by Crippen LogP contribution is 2.09. The van der Waals surface area contributed by atoms with E-state index < -0.39 is 5.82 Å². The average Bonchev–Trinajstić information content (AvgIpc) is 2.63. The summed E-state index contributed by atoms with van der Waals surface area (Å²) >= 11 is 1.08. The number of hydrogen-bond acceptors (Lipinski definition) is 4. The van der Waals surface area contributed by atoms with Gasteiger partial charge in [-0.15, -0.1) is 0 Å². The summed E-state index contributed by atoms with van der Waals surface area (Å²) in [6.07, 6.45) is 1.50. The highest BCUT2D eigenvalue weighted by molar-refractivity contribution is 7.07. The van der Waals surface area contributed by atoms with Gasteiger partial charge in [-0.05, 0) is 12.1 Å². The van der Waals surface area contributed by atoms with Gasteiger partial charge in [0.1, 0.15) is 0 Å². The molecule has 0 amide bonds. The first kappa shape index (κ1) is 9.85. The minimum Gasteiger partial charge on any atom is -0.362 e. The standard InChI is InChI=1S/C9H8FN3OS/c10-7-2-1-3-11-8(7)12-4-6-5-15-9(14)13-6/h1-3,5H,4H2,(H,11,12)(H,13,14). The molecule has 2 aromatic rings. The molecule has 0 saturated heterocycles. The van der Waals surface area contributed by atoms with Crippen LogP contribution in [0, 0.1) is 5.82 Å². The molecule has 0 bridgehead atoms. The van der Waals surface area contributed by atoms with Gasteiger partial charge in [-0.1, -0.05) is 11.3 Å². The lowest BCUT2D eigenvalue weighted by Crippen LogP contribution is -2.05. The van der Waals surface area contributed by atoms with Crippen LogP contribution in [0.3, 0.4) is 0 Å². The van der Waals surface area contributed by atoms with Gasteiger partial charge in [0.25, 0.3) is 0 Å². The second-order valence-corrected chi connectivity index (χ2v) is 3.70. The van der Waals surface area contributed by atoms with E-state index in [0.717, 1.165) is 17.0 Å².